The molecule has 25 valence electrons. The summed E-state index contributed by atoms with van der Waals surface area (Å²) in [6.45, 7) is 0. The van der Waals surface area contributed by atoms with Crippen LogP contribution in [0.25, 0.3) is 0 Å². The first kappa shape index (κ1) is 74.0. The molecule has 0 amide bonds. The molecule has 2 nitrogen and oxygen atoms in total. The van der Waals surface area contributed by atoms with Crippen molar-refractivity contribution >= 4 is 0 Å². The van der Waals surface area contributed by atoms with E-state index in [1.54, 1.807) is 0 Å². The molecule has 1 radical (unpaired) electrons. The van der Waals surface area contributed by atoms with Crippen molar-refractivity contribution in [2.24, 2.45) is 0 Å². The third kappa shape index (κ3) is 11.5. The van der Waals surface area contributed by atoms with Crippen LogP contribution < -0.4 is 0 Å². The van der Waals surface area contributed by atoms with Gasteiger partial charge in [-0.2, -0.15) is 0 Å². The van der Waals surface area contributed by atoms with Gasteiger partial charge in [-0.1, -0.05) is 0 Å². The van der Waals surface area contributed by atoms with Crippen LogP contribution in [-0.2, 0) is 47.5 Å². The van der Waals surface area contributed by atoms with Gasteiger partial charge in [0.2, 0.25) is 0 Å². The van der Waals surface area contributed by atoms with E-state index in [2.05, 4.69) is 0 Å². The van der Waals surface area contributed by atoms with Gasteiger partial charge in [-0.15, -0.1) is 0 Å². The minimum absolute atomic E-state index is 0. The van der Waals surface area contributed by atoms with E-state index in [-0.39, 0.29) is 47.5 Å². The van der Waals surface area contributed by atoms with Crippen molar-refractivity contribution in [3.05, 3.63) is 0 Å². The monoisotopic (exact) mass is 159 g/mol. The zero-order valence-electron chi connectivity index (χ0n) is 1.83. The van der Waals surface area contributed by atoms with Crippen LogP contribution in [0.15, 0.2) is 0 Å². The molecule has 4 heavy (non-hydrogen) atoms. The Morgan fingerprint density at radius 1 is 0.750 bits per heavy atom. The van der Waals surface area contributed by atoms with Crippen molar-refractivity contribution in [3.63, 3.8) is 0 Å². The van der Waals surface area contributed by atoms with Crippen molar-refractivity contribution in [1.82, 2.24) is 0 Å². The van der Waals surface area contributed by atoms with Gasteiger partial charge >= 0.3 is 36.5 Å². The van der Waals surface area contributed by atoms with Gasteiger partial charge in [0.15, 0.2) is 0 Å². The van der Waals surface area contributed by atoms with E-state index in [1.807, 2.05) is 0 Å². The Kier molecular flexibility index (Phi) is 624. The van der Waals surface area contributed by atoms with E-state index in [4.69, 9.17) is 0 Å². The Balaban J connectivity index is 0. The van der Waals surface area contributed by atoms with Gasteiger partial charge in [0.25, 0.3) is 0 Å². The Morgan fingerprint density at radius 3 is 0.750 bits per heavy atom. The zero-order valence-corrected chi connectivity index (χ0v) is 5.73. The summed E-state index contributed by atoms with van der Waals surface area (Å²) in [6, 6.07) is 0. The minimum atomic E-state index is 0. The summed E-state index contributed by atoms with van der Waals surface area (Å²) in [4.78, 5) is 0. The van der Waals surface area contributed by atoms with E-state index in [0.717, 1.165) is 0 Å². The van der Waals surface area contributed by atoms with E-state index in [9.17, 15) is 0 Å². The molecule has 0 aliphatic heterocycles. The van der Waals surface area contributed by atoms with Crippen molar-refractivity contribution in [2.45, 2.75) is 0 Å². The SMILES string of the molecule is [Cu+2].[O-2].[O-2].[Zn+2]. The van der Waals surface area contributed by atoms with Gasteiger partial charge in [-0.05, 0) is 0 Å². The van der Waals surface area contributed by atoms with Crippen LogP contribution in [-0.4, -0.2) is 0 Å². The third-order valence-corrected chi connectivity index (χ3v) is 0. The molecule has 0 saturated heterocycles. The van der Waals surface area contributed by atoms with Crippen LogP contribution in [0.5, 0.6) is 0 Å². The van der Waals surface area contributed by atoms with Crippen LogP contribution in [0, 0.1) is 0 Å². The van der Waals surface area contributed by atoms with E-state index in [0.29, 0.717) is 0 Å². The van der Waals surface area contributed by atoms with Crippen LogP contribution in [0.3, 0.4) is 0 Å². The molecule has 0 aromatic heterocycles. The predicted molar refractivity (Wildman–Crippen MR) is 1.37 cm³/mol. The second kappa shape index (κ2) is 33.7. The summed E-state index contributed by atoms with van der Waals surface area (Å²) < 4.78 is 0. The third-order valence-electron chi connectivity index (χ3n) is 0. The Morgan fingerprint density at radius 2 is 0.750 bits per heavy atom. The van der Waals surface area contributed by atoms with E-state index < -0.39 is 0 Å². The van der Waals surface area contributed by atoms with E-state index >= 15 is 0 Å². The topological polar surface area (TPSA) is 57.0 Å². The molecule has 4 heteroatoms. The van der Waals surface area contributed by atoms with Gasteiger partial charge in [-0.25, -0.2) is 0 Å². The molecule has 0 aromatic rings. The average Bonchev–Trinajstić information content (AvgIpc) is 0. The molecular weight excluding hydrogens is 161 g/mol. The molecule has 0 atom stereocenters. The molecular formula is CuO2Zn. The number of hydrogen-bond donors (Lipinski definition) is 0. The molecule has 0 N–H and O–H groups in total. The van der Waals surface area contributed by atoms with Crippen molar-refractivity contribution < 1.29 is 47.5 Å². The molecule has 0 heterocycles. The summed E-state index contributed by atoms with van der Waals surface area (Å²) in [5.41, 5.74) is 0. The Labute approximate surface area is 47.8 Å². The largest absolute Gasteiger partial charge is 2.00 e. The van der Waals surface area contributed by atoms with Crippen LogP contribution in [0.2, 0.25) is 0 Å². The Bertz CT molecular complexity index is 6.00. The molecule has 0 saturated carbocycles. The summed E-state index contributed by atoms with van der Waals surface area (Å²) in [5, 5.41) is 0. The molecule has 0 aliphatic rings. The maximum absolute atomic E-state index is 0. The fraction of sp³-hybridized carbons (Fsp3) is 0. The fourth-order valence-corrected chi connectivity index (χ4v) is 0. The first-order valence-electron chi connectivity index (χ1n) is 0. The summed E-state index contributed by atoms with van der Waals surface area (Å²) in [7, 11) is 0. The fourth-order valence-electron chi connectivity index (χ4n) is 0. The normalized spacial score (nSPS) is 0. The Hall–Kier alpha value is 1.06. The average molecular weight is 161 g/mol. The zero-order chi connectivity index (χ0) is 0. The molecule has 0 rings (SSSR count). The van der Waals surface area contributed by atoms with Crippen molar-refractivity contribution in [1.29, 1.82) is 0 Å². The molecule has 0 bridgehead atoms. The van der Waals surface area contributed by atoms with Crippen LogP contribution in [0.4, 0.5) is 0 Å². The number of hydrogen-bond acceptors (Lipinski definition) is 0. The second-order valence-corrected chi connectivity index (χ2v) is 0. The quantitative estimate of drug-likeness (QED) is 0.440. The smallest absolute Gasteiger partial charge is 2.00 e. The first-order chi connectivity index (χ1) is 0. The maximum Gasteiger partial charge on any atom is 2.00 e. The molecule has 0 spiro atoms. The van der Waals surface area contributed by atoms with Crippen LogP contribution in [0.1, 0.15) is 0 Å². The molecule has 0 aliphatic carbocycles. The van der Waals surface area contributed by atoms with Gasteiger partial charge in [0.05, 0.1) is 0 Å². The number of rotatable bonds is 0. The molecule has 0 aromatic carbocycles. The minimum Gasteiger partial charge on any atom is -2.00 e. The van der Waals surface area contributed by atoms with Crippen molar-refractivity contribution in [2.75, 3.05) is 0 Å². The van der Waals surface area contributed by atoms with Gasteiger partial charge in [0, 0.05) is 0 Å². The van der Waals surface area contributed by atoms with Crippen LogP contribution >= 0.6 is 0 Å². The van der Waals surface area contributed by atoms with Gasteiger partial charge in [-0.3, -0.25) is 0 Å². The van der Waals surface area contributed by atoms with E-state index in [1.165, 1.54) is 0 Å². The maximum atomic E-state index is 0. The first-order valence-corrected chi connectivity index (χ1v) is 0. The summed E-state index contributed by atoms with van der Waals surface area (Å²) in [6.07, 6.45) is 0. The molecule has 0 fully saturated rings. The standard InChI is InChI=1S/Cu.2O.Zn/q+2;2*-2;+2. The van der Waals surface area contributed by atoms with Crippen molar-refractivity contribution in [3.8, 4) is 0 Å². The van der Waals surface area contributed by atoms with Gasteiger partial charge in [0.1, 0.15) is 0 Å². The summed E-state index contributed by atoms with van der Waals surface area (Å²) >= 11 is 0. The summed E-state index contributed by atoms with van der Waals surface area (Å²) in [5.74, 6) is 0. The second-order valence-electron chi connectivity index (χ2n) is 0. The molecule has 0 unspecified atom stereocenters. The van der Waals surface area contributed by atoms with Gasteiger partial charge < -0.3 is 11.0 Å². The predicted octanol–water partition coefficient (Wildman–Crippen LogP) is -0.243.